The monoisotopic (exact) mass is 395 g/mol. The number of benzene rings is 3. The molecule has 0 aromatic heterocycles. The van der Waals surface area contributed by atoms with Crippen LogP contribution in [0.3, 0.4) is 0 Å². The molecule has 0 amide bonds. The van der Waals surface area contributed by atoms with Crippen molar-refractivity contribution in [1.29, 1.82) is 0 Å². The molecule has 29 heavy (non-hydrogen) atoms. The minimum absolute atomic E-state index is 0.545. The van der Waals surface area contributed by atoms with Gasteiger partial charge in [0.2, 0.25) is 0 Å². The zero-order chi connectivity index (χ0) is 21.0. The highest BCUT2D eigenvalue weighted by atomic mass is 19.4. The van der Waals surface area contributed by atoms with Crippen molar-refractivity contribution < 1.29 is 13.2 Å². The first-order chi connectivity index (χ1) is 13.8. The van der Waals surface area contributed by atoms with Gasteiger partial charge >= 0.3 is 6.18 Å². The van der Waals surface area contributed by atoms with Gasteiger partial charge in [0.05, 0.1) is 16.9 Å². The van der Waals surface area contributed by atoms with Gasteiger partial charge in [-0.15, -0.1) is 5.11 Å². The third-order valence-corrected chi connectivity index (χ3v) is 4.34. The van der Waals surface area contributed by atoms with Gasteiger partial charge in [0, 0.05) is 5.56 Å². The number of alkyl halides is 3. The van der Waals surface area contributed by atoms with E-state index in [2.05, 4.69) is 10.2 Å². The Morgan fingerprint density at radius 2 is 1.45 bits per heavy atom. The van der Waals surface area contributed by atoms with Crippen molar-refractivity contribution in [1.82, 2.24) is 0 Å². The number of anilines is 1. The van der Waals surface area contributed by atoms with Crippen molar-refractivity contribution in [3.63, 3.8) is 0 Å². The van der Waals surface area contributed by atoms with Gasteiger partial charge in [0.15, 0.2) is 0 Å². The summed E-state index contributed by atoms with van der Waals surface area (Å²) in [5.74, 6) is 0. The number of azo groups is 1. The van der Waals surface area contributed by atoms with Crippen LogP contribution in [0.5, 0.6) is 0 Å². The van der Waals surface area contributed by atoms with Crippen molar-refractivity contribution in [3.8, 4) is 11.1 Å². The molecule has 3 nitrogen and oxygen atoms in total. The van der Waals surface area contributed by atoms with E-state index >= 15 is 0 Å². The molecule has 2 N–H and O–H groups in total. The number of nitrogen functional groups attached to an aromatic ring is 1. The summed E-state index contributed by atoms with van der Waals surface area (Å²) >= 11 is 0. The van der Waals surface area contributed by atoms with Gasteiger partial charge in [-0.3, -0.25) is 0 Å². The maximum Gasteiger partial charge on any atom is 0.416 e. The van der Waals surface area contributed by atoms with E-state index in [0.29, 0.717) is 22.6 Å². The summed E-state index contributed by atoms with van der Waals surface area (Å²) in [5.41, 5.74) is 10.6. The maximum atomic E-state index is 12.7. The Bertz CT molecular complexity index is 1050. The molecule has 148 valence electrons. The number of aryl methyl sites for hydroxylation is 1. The second kappa shape index (κ2) is 8.31. The Hall–Kier alpha value is -3.41. The lowest BCUT2D eigenvalue weighted by Crippen LogP contribution is -2.03. The zero-order valence-corrected chi connectivity index (χ0v) is 16.0. The standard InChI is InChI=1S/C23H20F3N3/c1-3-4-18-13-15(2)14-21(27)22(18)29-28-20-11-7-17(8-12-20)16-5-9-19(10-6-16)23(24,25)26/h3-14H,27H2,1-2H3/b4-3+,29-28?. The Morgan fingerprint density at radius 1 is 0.862 bits per heavy atom. The first kappa shape index (κ1) is 20.3. The van der Waals surface area contributed by atoms with Gasteiger partial charge in [-0.2, -0.15) is 18.3 Å². The van der Waals surface area contributed by atoms with Crippen LogP contribution in [0.15, 0.2) is 77.0 Å². The van der Waals surface area contributed by atoms with Crippen LogP contribution in [0.1, 0.15) is 23.6 Å². The number of halogens is 3. The molecule has 3 aromatic rings. The number of nitrogens with zero attached hydrogens (tertiary/aromatic N) is 2. The van der Waals surface area contributed by atoms with E-state index < -0.39 is 11.7 Å². The third kappa shape index (κ3) is 4.90. The van der Waals surface area contributed by atoms with E-state index in [4.69, 9.17) is 5.73 Å². The summed E-state index contributed by atoms with van der Waals surface area (Å²) in [6.45, 7) is 3.88. The fourth-order valence-electron chi connectivity index (χ4n) is 2.94. The van der Waals surface area contributed by atoms with E-state index in [0.717, 1.165) is 28.8 Å². The normalized spacial score (nSPS) is 12.2. The molecule has 3 rings (SSSR count). The van der Waals surface area contributed by atoms with E-state index in [1.165, 1.54) is 12.1 Å². The summed E-state index contributed by atoms with van der Waals surface area (Å²) in [4.78, 5) is 0. The Balaban J connectivity index is 1.83. The van der Waals surface area contributed by atoms with Crippen molar-refractivity contribution in [2.75, 3.05) is 5.73 Å². The fourth-order valence-corrected chi connectivity index (χ4v) is 2.94. The molecule has 0 saturated heterocycles. The molecule has 0 aliphatic rings. The smallest absolute Gasteiger partial charge is 0.397 e. The lowest BCUT2D eigenvalue weighted by molar-refractivity contribution is -0.137. The molecular weight excluding hydrogens is 375 g/mol. The maximum absolute atomic E-state index is 12.7. The number of hydrogen-bond acceptors (Lipinski definition) is 3. The number of allylic oxidation sites excluding steroid dienone is 1. The van der Waals surface area contributed by atoms with Crippen molar-refractivity contribution >= 4 is 23.1 Å². The molecule has 0 heterocycles. The van der Waals surface area contributed by atoms with E-state index in [1.54, 1.807) is 24.3 Å². The minimum atomic E-state index is -4.34. The molecular formula is C23H20F3N3. The lowest BCUT2D eigenvalue weighted by Gasteiger charge is -2.08. The molecule has 0 radical (unpaired) electrons. The van der Waals surface area contributed by atoms with Gasteiger partial charge in [0.25, 0.3) is 0 Å². The van der Waals surface area contributed by atoms with Gasteiger partial charge in [-0.25, -0.2) is 0 Å². The number of nitrogens with two attached hydrogens (primary N) is 1. The van der Waals surface area contributed by atoms with E-state index in [1.807, 2.05) is 38.1 Å². The molecule has 0 atom stereocenters. The van der Waals surface area contributed by atoms with Crippen LogP contribution < -0.4 is 5.73 Å². The lowest BCUT2D eigenvalue weighted by atomic mass is 10.0. The molecule has 0 fully saturated rings. The minimum Gasteiger partial charge on any atom is -0.397 e. The molecule has 0 aliphatic carbocycles. The first-order valence-electron chi connectivity index (χ1n) is 9.00. The summed E-state index contributed by atoms with van der Waals surface area (Å²) in [6, 6.07) is 16.0. The van der Waals surface area contributed by atoms with Crippen LogP contribution in [0.25, 0.3) is 17.2 Å². The van der Waals surface area contributed by atoms with Crippen molar-refractivity contribution in [3.05, 3.63) is 83.4 Å². The number of rotatable bonds is 4. The van der Waals surface area contributed by atoms with Crippen LogP contribution in [-0.4, -0.2) is 0 Å². The van der Waals surface area contributed by atoms with Crippen LogP contribution in [0.4, 0.5) is 30.2 Å². The largest absolute Gasteiger partial charge is 0.416 e. The van der Waals surface area contributed by atoms with Crippen LogP contribution >= 0.6 is 0 Å². The highest BCUT2D eigenvalue weighted by Gasteiger charge is 2.29. The number of hydrogen-bond donors (Lipinski definition) is 1. The Kier molecular flexibility index (Phi) is 5.82. The molecule has 3 aromatic carbocycles. The quantitative estimate of drug-likeness (QED) is 0.357. The third-order valence-electron chi connectivity index (χ3n) is 4.34. The molecule has 0 aliphatic heterocycles. The Labute approximate surface area is 167 Å². The highest BCUT2D eigenvalue weighted by molar-refractivity contribution is 5.76. The molecule has 0 bridgehead atoms. The predicted molar refractivity (Wildman–Crippen MR) is 111 cm³/mol. The van der Waals surface area contributed by atoms with E-state index in [9.17, 15) is 13.2 Å². The van der Waals surface area contributed by atoms with Crippen molar-refractivity contribution in [2.24, 2.45) is 10.2 Å². The topological polar surface area (TPSA) is 50.7 Å². The molecule has 0 spiro atoms. The van der Waals surface area contributed by atoms with Gasteiger partial charge in [-0.1, -0.05) is 36.4 Å². The predicted octanol–water partition coefficient (Wildman–Crippen LogP) is 7.71. The SMILES string of the molecule is C/C=C/c1cc(C)cc(N)c1N=Nc1ccc(-c2ccc(C(F)(F)F)cc2)cc1. The summed E-state index contributed by atoms with van der Waals surface area (Å²) < 4.78 is 38.1. The average molecular weight is 395 g/mol. The molecule has 6 heteroatoms. The second-order valence-corrected chi connectivity index (χ2v) is 6.61. The summed E-state index contributed by atoms with van der Waals surface area (Å²) in [7, 11) is 0. The molecule has 0 saturated carbocycles. The van der Waals surface area contributed by atoms with Crippen LogP contribution in [0, 0.1) is 6.92 Å². The van der Waals surface area contributed by atoms with Crippen molar-refractivity contribution in [2.45, 2.75) is 20.0 Å². The summed E-state index contributed by atoms with van der Waals surface area (Å²) in [5, 5.41) is 8.55. The van der Waals surface area contributed by atoms with Crippen LogP contribution in [0.2, 0.25) is 0 Å². The summed E-state index contributed by atoms with van der Waals surface area (Å²) in [6.07, 6.45) is -0.510. The Morgan fingerprint density at radius 3 is 2.00 bits per heavy atom. The fraction of sp³-hybridized carbons (Fsp3) is 0.130. The van der Waals surface area contributed by atoms with E-state index in [-0.39, 0.29) is 0 Å². The van der Waals surface area contributed by atoms with Gasteiger partial charge in [0.1, 0.15) is 5.69 Å². The molecule has 0 unspecified atom stereocenters. The first-order valence-corrected chi connectivity index (χ1v) is 9.00. The zero-order valence-electron chi connectivity index (χ0n) is 16.0. The second-order valence-electron chi connectivity index (χ2n) is 6.61. The van der Waals surface area contributed by atoms with Gasteiger partial charge in [-0.05, 0) is 66.9 Å². The average Bonchev–Trinajstić information content (AvgIpc) is 2.67. The van der Waals surface area contributed by atoms with Gasteiger partial charge < -0.3 is 5.73 Å². The highest BCUT2D eigenvalue weighted by Crippen LogP contribution is 2.33. The van der Waals surface area contributed by atoms with Crippen LogP contribution in [-0.2, 0) is 6.18 Å².